The van der Waals surface area contributed by atoms with Crippen molar-refractivity contribution < 1.29 is 13.2 Å². The van der Waals surface area contributed by atoms with Crippen LogP contribution >= 0.6 is 11.3 Å². The average molecular weight is 391 g/mol. The van der Waals surface area contributed by atoms with Gasteiger partial charge in [0.05, 0.1) is 11.3 Å². The minimum atomic E-state index is -4.36. The molecule has 0 radical (unpaired) electrons. The maximum Gasteiger partial charge on any atom is 0.416 e. The quantitative estimate of drug-likeness (QED) is 0.526. The third-order valence-corrected chi connectivity index (χ3v) is 4.99. The second kappa shape index (κ2) is 8.00. The summed E-state index contributed by atoms with van der Waals surface area (Å²) in [5.74, 6) is 0. The average Bonchev–Trinajstić information content (AvgIpc) is 3.11. The van der Waals surface area contributed by atoms with Gasteiger partial charge in [0.1, 0.15) is 0 Å². The van der Waals surface area contributed by atoms with Gasteiger partial charge in [-0.25, -0.2) is 4.98 Å². The summed E-state index contributed by atoms with van der Waals surface area (Å²) in [7, 11) is 0. The van der Waals surface area contributed by atoms with Crippen molar-refractivity contribution in [1.29, 1.82) is 0 Å². The molecule has 0 spiro atoms. The van der Waals surface area contributed by atoms with Crippen LogP contribution in [0.2, 0.25) is 0 Å². The van der Waals surface area contributed by atoms with Crippen LogP contribution in [0, 0.1) is 0 Å². The Bertz CT molecular complexity index is 884. The number of aromatic nitrogens is 1. The number of rotatable bonds is 6. The molecule has 0 amide bonds. The van der Waals surface area contributed by atoms with Gasteiger partial charge in [-0.3, -0.25) is 0 Å². The van der Waals surface area contributed by atoms with Crippen LogP contribution in [0.25, 0.3) is 11.3 Å². The highest BCUT2D eigenvalue weighted by Gasteiger charge is 2.30. The van der Waals surface area contributed by atoms with Crippen LogP contribution in [0.4, 0.5) is 29.7 Å². The molecule has 0 aliphatic heterocycles. The number of alkyl halides is 3. The van der Waals surface area contributed by atoms with Crippen molar-refractivity contribution in [2.75, 3.05) is 23.3 Å². The van der Waals surface area contributed by atoms with Gasteiger partial charge in [0, 0.05) is 35.4 Å². The van der Waals surface area contributed by atoms with Crippen LogP contribution in [-0.4, -0.2) is 18.1 Å². The molecular formula is C20H20F3N3S. The zero-order chi connectivity index (χ0) is 19.4. The van der Waals surface area contributed by atoms with Gasteiger partial charge in [0.15, 0.2) is 5.13 Å². The van der Waals surface area contributed by atoms with E-state index in [4.69, 9.17) is 0 Å². The molecule has 0 unspecified atom stereocenters. The van der Waals surface area contributed by atoms with Crippen LogP contribution in [-0.2, 0) is 6.18 Å². The first-order chi connectivity index (χ1) is 12.9. The predicted octanol–water partition coefficient (Wildman–Crippen LogP) is 6.42. The Hall–Kier alpha value is -2.54. The first-order valence-corrected chi connectivity index (χ1v) is 9.54. The molecule has 0 aliphatic rings. The first kappa shape index (κ1) is 19.2. The van der Waals surface area contributed by atoms with E-state index in [1.54, 1.807) is 6.07 Å². The molecule has 1 N–H and O–H groups in total. The van der Waals surface area contributed by atoms with Gasteiger partial charge in [-0.15, -0.1) is 11.3 Å². The van der Waals surface area contributed by atoms with Gasteiger partial charge >= 0.3 is 6.18 Å². The van der Waals surface area contributed by atoms with E-state index in [1.165, 1.54) is 17.4 Å². The normalized spacial score (nSPS) is 11.4. The Morgan fingerprint density at radius 3 is 2.37 bits per heavy atom. The highest BCUT2D eigenvalue weighted by molar-refractivity contribution is 7.14. The summed E-state index contributed by atoms with van der Waals surface area (Å²) in [6, 6.07) is 13.2. The highest BCUT2D eigenvalue weighted by Crippen LogP contribution is 2.33. The van der Waals surface area contributed by atoms with E-state index in [0.717, 1.165) is 42.2 Å². The molecule has 1 heterocycles. The van der Waals surface area contributed by atoms with Crippen LogP contribution in [0.1, 0.15) is 19.4 Å². The molecule has 0 saturated carbocycles. The molecule has 0 bridgehead atoms. The minimum absolute atomic E-state index is 0.364. The molecule has 3 nitrogen and oxygen atoms in total. The lowest BCUT2D eigenvalue weighted by atomic mass is 10.1. The molecule has 0 fully saturated rings. The fourth-order valence-electron chi connectivity index (χ4n) is 2.79. The van der Waals surface area contributed by atoms with Gasteiger partial charge in [-0.2, -0.15) is 13.2 Å². The summed E-state index contributed by atoms with van der Waals surface area (Å²) in [6.45, 7) is 6.11. The van der Waals surface area contributed by atoms with Crippen LogP contribution in [0.15, 0.2) is 53.9 Å². The first-order valence-electron chi connectivity index (χ1n) is 8.66. The molecule has 27 heavy (non-hydrogen) atoms. The van der Waals surface area contributed by atoms with Crippen molar-refractivity contribution in [2.45, 2.75) is 20.0 Å². The Balaban J connectivity index is 1.75. The number of hydrogen-bond acceptors (Lipinski definition) is 4. The smallest absolute Gasteiger partial charge is 0.372 e. The number of anilines is 3. The topological polar surface area (TPSA) is 28.2 Å². The van der Waals surface area contributed by atoms with Crippen molar-refractivity contribution >= 4 is 27.8 Å². The van der Waals surface area contributed by atoms with Crippen molar-refractivity contribution in [3.05, 3.63) is 59.5 Å². The fraction of sp³-hybridized carbons (Fsp3) is 0.250. The van der Waals surface area contributed by atoms with Crippen LogP contribution < -0.4 is 10.2 Å². The van der Waals surface area contributed by atoms with E-state index < -0.39 is 11.7 Å². The molecule has 0 atom stereocenters. The molecule has 3 rings (SSSR count). The summed E-state index contributed by atoms with van der Waals surface area (Å²) in [5, 5.41) is 5.40. The summed E-state index contributed by atoms with van der Waals surface area (Å²) in [6.07, 6.45) is -4.36. The number of benzene rings is 2. The standard InChI is InChI=1S/C20H20F3N3S/c1-3-26(4-2)17-10-8-14(9-11-17)18-13-27-19(25-18)24-16-7-5-6-15(12-16)20(21,22)23/h5-13H,3-4H2,1-2H3,(H,24,25). The van der Waals surface area contributed by atoms with Gasteiger partial charge in [-0.05, 0) is 44.2 Å². The van der Waals surface area contributed by atoms with Crippen molar-refractivity contribution in [2.24, 2.45) is 0 Å². The number of hydrogen-bond donors (Lipinski definition) is 1. The summed E-state index contributed by atoms with van der Waals surface area (Å²) in [5.41, 5.74) is 2.60. The number of nitrogens with one attached hydrogen (secondary N) is 1. The molecular weight excluding hydrogens is 371 g/mol. The van der Waals surface area contributed by atoms with E-state index >= 15 is 0 Å². The van der Waals surface area contributed by atoms with Crippen molar-refractivity contribution in [1.82, 2.24) is 4.98 Å². The van der Waals surface area contributed by atoms with Crippen LogP contribution in [0.5, 0.6) is 0 Å². The summed E-state index contributed by atoms with van der Waals surface area (Å²) < 4.78 is 38.5. The molecule has 3 aromatic rings. The number of nitrogens with zero attached hydrogens (tertiary/aromatic N) is 2. The maximum atomic E-state index is 12.8. The third kappa shape index (κ3) is 4.60. The van der Waals surface area contributed by atoms with E-state index in [9.17, 15) is 13.2 Å². The highest BCUT2D eigenvalue weighted by atomic mass is 32.1. The molecule has 142 valence electrons. The van der Waals surface area contributed by atoms with E-state index in [0.29, 0.717) is 10.8 Å². The van der Waals surface area contributed by atoms with Gasteiger partial charge in [0.25, 0.3) is 0 Å². The molecule has 7 heteroatoms. The van der Waals surface area contributed by atoms with Gasteiger partial charge < -0.3 is 10.2 Å². The molecule has 1 aromatic heterocycles. The van der Waals surface area contributed by atoms with E-state index in [2.05, 4.69) is 41.2 Å². The monoisotopic (exact) mass is 391 g/mol. The number of thiazole rings is 1. The predicted molar refractivity (Wildman–Crippen MR) is 106 cm³/mol. The summed E-state index contributed by atoms with van der Waals surface area (Å²) >= 11 is 1.36. The maximum absolute atomic E-state index is 12.8. The zero-order valence-corrected chi connectivity index (χ0v) is 15.9. The van der Waals surface area contributed by atoms with E-state index in [-0.39, 0.29) is 0 Å². The van der Waals surface area contributed by atoms with Crippen LogP contribution in [0.3, 0.4) is 0 Å². The Kier molecular flexibility index (Phi) is 5.70. The van der Waals surface area contributed by atoms with Crippen molar-refractivity contribution in [3.63, 3.8) is 0 Å². The fourth-order valence-corrected chi connectivity index (χ4v) is 3.53. The lowest BCUT2D eigenvalue weighted by Gasteiger charge is -2.20. The number of halogens is 3. The third-order valence-electron chi connectivity index (χ3n) is 4.24. The Labute approximate surface area is 160 Å². The summed E-state index contributed by atoms with van der Waals surface area (Å²) in [4.78, 5) is 6.75. The minimum Gasteiger partial charge on any atom is -0.372 e. The van der Waals surface area contributed by atoms with Gasteiger partial charge in [-0.1, -0.05) is 18.2 Å². The zero-order valence-electron chi connectivity index (χ0n) is 15.0. The van der Waals surface area contributed by atoms with E-state index in [1.807, 2.05) is 17.5 Å². The molecule has 0 saturated heterocycles. The van der Waals surface area contributed by atoms with Crippen molar-refractivity contribution in [3.8, 4) is 11.3 Å². The second-order valence-electron chi connectivity index (χ2n) is 5.96. The van der Waals surface area contributed by atoms with Gasteiger partial charge in [0.2, 0.25) is 0 Å². The lowest BCUT2D eigenvalue weighted by Crippen LogP contribution is -2.21. The lowest BCUT2D eigenvalue weighted by molar-refractivity contribution is -0.137. The second-order valence-corrected chi connectivity index (χ2v) is 6.82. The SMILES string of the molecule is CCN(CC)c1ccc(-c2csc(Nc3cccc(C(F)(F)F)c3)n2)cc1. The Morgan fingerprint density at radius 2 is 1.74 bits per heavy atom. The largest absolute Gasteiger partial charge is 0.416 e. The Morgan fingerprint density at radius 1 is 1.04 bits per heavy atom. The molecule has 0 aliphatic carbocycles. The molecule has 2 aromatic carbocycles.